The molecule has 0 heterocycles. The van der Waals surface area contributed by atoms with Gasteiger partial charge in [-0.3, -0.25) is 19.3 Å². The van der Waals surface area contributed by atoms with Crippen LogP contribution in [0.15, 0.2) is 24.3 Å². The molecule has 0 aliphatic rings. The average molecular weight is 280 g/mol. The number of aliphatic carboxylic acids is 2. The van der Waals surface area contributed by atoms with Gasteiger partial charge in [-0.25, -0.2) is 0 Å². The highest BCUT2D eigenvalue weighted by molar-refractivity contribution is 5.92. The molecule has 0 fully saturated rings. The lowest BCUT2D eigenvalue weighted by Gasteiger charge is -2.17. The van der Waals surface area contributed by atoms with E-state index in [4.69, 9.17) is 10.2 Å². The standard InChI is InChI=1S/C13H16N2O5/c1-9-2-4-10(5-3-9)14-11(16)6-15(7-12(17)18)8-13(19)20/h2-5H,6-8H2,1H3,(H,14,16)(H,17,18)(H,19,20). The van der Waals surface area contributed by atoms with E-state index in [0.29, 0.717) is 5.69 Å². The molecule has 0 radical (unpaired) electrons. The lowest BCUT2D eigenvalue weighted by molar-refractivity contribution is -0.142. The fourth-order valence-electron chi connectivity index (χ4n) is 1.59. The number of hydrogen-bond acceptors (Lipinski definition) is 4. The van der Waals surface area contributed by atoms with E-state index in [9.17, 15) is 14.4 Å². The molecule has 1 rings (SSSR count). The molecule has 0 saturated heterocycles. The maximum absolute atomic E-state index is 11.7. The van der Waals surface area contributed by atoms with Crippen LogP contribution in [0, 0.1) is 6.92 Å². The molecule has 0 bridgehead atoms. The van der Waals surface area contributed by atoms with Crippen molar-refractivity contribution in [2.45, 2.75) is 6.92 Å². The first-order valence-corrected chi connectivity index (χ1v) is 5.89. The van der Waals surface area contributed by atoms with Gasteiger partial charge in [0.15, 0.2) is 0 Å². The maximum atomic E-state index is 11.7. The molecule has 7 nitrogen and oxygen atoms in total. The minimum Gasteiger partial charge on any atom is -0.480 e. The van der Waals surface area contributed by atoms with Gasteiger partial charge in [-0.05, 0) is 19.1 Å². The molecule has 0 unspecified atom stereocenters. The van der Waals surface area contributed by atoms with Crippen LogP contribution >= 0.6 is 0 Å². The van der Waals surface area contributed by atoms with Gasteiger partial charge in [-0.15, -0.1) is 0 Å². The van der Waals surface area contributed by atoms with Crippen LogP contribution in [0.1, 0.15) is 5.56 Å². The van der Waals surface area contributed by atoms with E-state index >= 15 is 0 Å². The molecule has 108 valence electrons. The fraction of sp³-hybridized carbons (Fsp3) is 0.308. The molecule has 20 heavy (non-hydrogen) atoms. The van der Waals surface area contributed by atoms with Crippen LogP contribution in [0.5, 0.6) is 0 Å². The third-order valence-electron chi connectivity index (χ3n) is 2.42. The number of amides is 1. The van der Waals surface area contributed by atoms with Crippen LogP contribution in [0.25, 0.3) is 0 Å². The minimum absolute atomic E-state index is 0.299. The summed E-state index contributed by atoms with van der Waals surface area (Å²) in [6.07, 6.45) is 0. The predicted octanol–water partition coefficient (Wildman–Crippen LogP) is 0.405. The number of nitrogens with zero attached hydrogens (tertiary/aromatic N) is 1. The van der Waals surface area contributed by atoms with E-state index in [2.05, 4.69) is 5.32 Å². The number of hydrogen-bond donors (Lipinski definition) is 3. The Morgan fingerprint density at radius 3 is 1.95 bits per heavy atom. The normalized spacial score (nSPS) is 10.3. The number of aryl methyl sites for hydroxylation is 1. The molecule has 1 amide bonds. The average Bonchev–Trinajstić information content (AvgIpc) is 2.30. The lowest BCUT2D eigenvalue weighted by atomic mass is 10.2. The van der Waals surface area contributed by atoms with Gasteiger partial charge < -0.3 is 15.5 Å². The second kappa shape index (κ2) is 7.25. The SMILES string of the molecule is Cc1ccc(NC(=O)CN(CC(=O)O)CC(=O)O)cc1. The molecular formula is C13H16N2O5. The van der Waals surface area contributed by atoms with Crippen molar-refractivity contribution in [2.24, 2.45) is 0 Å². The summed E-state index contributed by atoms with van der Waals surface area (Å²) < 4.78 is 0. The summed E-state index contributed by atoms with van der Waals surface area (Å²) in [6, 6.07) is 7.07. The highest BCUT2D eigenvalue weighted by Gasteiger charge is 2.16. The van der Waals surface area contributed by atoms with Crippen LogP contribution in [-0.4, -0.2) is 52.6 Å². The first-order chi connectivity index (χ1) is 9.36. The topological polar surface area (TPSA) is 107 Å². The van der Waals surface area contributed by atoms with Crippen molar-refractivity contribution in [1.29, 1.82) is 0 Å². The Bertz CT molecular complexity index is 482. The Morgan fingerprint density at radius 2 is 1.50 bits per heavy atom. The molecule has 0 aromatic heterocycles. The molecule has 1 aromatic rings. The van der Waals surface area contributed by atoms with Crippen LogP contribution in [0.2, 0.25) is 0 Å². The lowest BCUT2D eigenvalue weighted by Crippen LogP contribution is -2.40. The molecule has 0 spiro atoms. The minimum atomic E-state index is -1.19. The number of anilines is 1. The van der Waals surface area contributed by atoms with Crippen LogP contribution in [-0.2, 0) is 14.4 Å². The highest BCUT2D eigenvalue weighted by Crippen LogP contribution is 2.08. The van der Waals surface area contributed by atoms with Crippen LogP contribution in [0.3, 0.4) is 0 Å². The van der Waals surface area contributed by atoms with Gasteiger partial charge in [-0.1, -0.05) is 17.7 Å². The highest BCUT2D eigenvalue weighted by atomic mass is 16.4. The number of benzene rings is 1. The molecule has 1 aromatic carbocycles. The first-order valence-electron chi connectivity index (χ1n) is 5.89. The van der Waals surface area contributed by atoms with Gasteiger partial charge in [0.25, 0.3) is 0 Å². The van der Waals surface area contributed by atoms with Gasteiger partial charge in [0, 0.05) is 5.69 Å². The number of carboxylic acid groups (broad SMARTS) is 2. The smallest absolute Gasteiger partial charge is 0.317 e. The summed E-state index contributed by atoms with van der Waals surface area (Å²) in [4.78, 5) is 34.0. The number of carboxylic acids is 2. The van der Waals surface area contributed by atoms with Crippen LogP contribution < -0.4 is 5.32 Å². The molecule has 3 N–H and O–H groups in total. The summed E-state index contributed by atoms with van der Waals surface area (Å²) in [5.74, 6) is -2.83. The second-order valence-electron chi connectivity index (χ2n) is 4.35. The Labute approximate surface area is 115 Å². The van der Waals surface area contributed by atoms with Crippen molar-refractivity contribution in [3.8, 4) is 0 Å². The van der Waals surface area contributed by atoms with Crippen molar-refractivity contribution in [3.05, 3.63) is 29.8 Å². The van der Waals surface area contributed by atoms with Crippen LogP contribution in [0.4, 0.5) is 5.69 Å². The van der Waals surface area contributed by atoms with E-state index in [1.54, 1.807) is 12.1 Å². The molecule has 0 aliphatic heterocycles. The quantitative estimate of drug-likeness (QED) is 0.667. The Hall–Kier alpha value is -2.41. The van der Waals surface area contributed by atoms with E-state index < -0.39 is 30.9 Å². The zero-order chi connectivity index (χ0) is 15.1. The fourth-order valence-corrected chi connectivity index (χ4v) is 1.59. The van der Waals surface area contributed by atoms with Crippen molar-refractivity contribution in [1.82, 2.24) is 4.90 Å². The van der Waals surface area contributed by atoms with E-state index in [0.717, 1.165) is 10.5 Å². The molecule has 0 aliphatic carbocycles. The predicted molar refractivity (Wildman–Crippen MR) is 71.5 cm³/mol. The van der Waals surface area contributed by atoms with Crippen molar-refractivity contribution in [2.75, 3.05) is 25.0 Å². The Morgan fingerprint density at radius 1 is 1.00 bits per heavy atom. The van der Waals surface area contributed by atoms with E-state index in [1.807, 2.05) is 19.1 Å². The summed E-state index contributed by atoms with van der Waals surface area (Å²) in [5.41, 5.74) is 1.62. The Kier molecular flexibility index (Phi) is 5.67. The summed E-state index contributed by atoms with van der Waals surface area (Å²) in [5, 5.41) is 19.9. The monoisotopic (exact) mass is 280 g/mol. The summed E-state index contributed by atoms with van der Waals surface area (Å²) >= 11 is 0. The van der Waals surface area contributed by atoms with Gasteiger partial charge in [0.1, 0.15) is 0 Å². The van der Waals surface area contributed by atoms with Crippen molar-refractivity contribution < 1.29 is 24.6 Å². The zero-order valence-electron chi connectivity index (χ0n) is 11.0. The molecular weight excluding hydrogens is 264 g/mol. The van der Waals surface area contributed by atoms with Gasteiger partial charge >= 0.3 is 11.9 Å². The third kappa shape index (κ3) is 5.96. The number of carbonyl (C=O) groups is 3. The van der Waals surface area contributed by atoms with Crippen molar-refractivity contribution >= 4 is 23.5 Å². The van der Waals surface area contributed by atoms with Crippen molar-refractivity contribution in [3.63, 3.8) is 0 Å². The first kappa shape index (κ1) is 15.6. The Balaban J connectivity index is 2.58. The molecule has 7 heteroatoms. The maximum Gasteiger partial charge on any atom is 0.317 e. The zero-order valence-corrected chi connectivity index (χ0v) is 11.0. The number of carbonyl (C=O) groups excluding carboxylic acids is 1. The third-order valence-corrected chi connectivity index (χ3v) is 2.42. The van der Waals surface area contributed by atoms with Gasteiger partial charge in [0.2, 0.25) is 5.91 Å². The largest absolute Gasteiger partial charge is 0.480 e. The van der Waals surface area contributed by atoms with E-state index in [-0.39, 0.29) is 6.54 Å². The number of nitrogens with one attached hydrogen (secondary N) is 1. The summed E-state index contributed by atoms with van der Waals surface area (Å²) in [7, 11) is 0. The molecule has 0 atom stereocenters. The van der Waals surface area contributed by atoms with E-state index in [1.165, 1.54) is 0 Å². The van der Waals surface area contributed by atoms with Gasteiger partial charge in [0.05, 0.1) is 19.6 Å². The second-order valence-corrected chi connectivity index (χ2v) is 4.35. The number of rotatable bonds is 7. The molecule has 0 saturated carbocycles. The van der Waals surface area contributed by atoms with Gasteiger partial charge in [-0.2, -0.15) is 0 Å². The summed E-state index contributed by atoms with van der Waals surface area (Å²) in [6.45, 7) is 0.598.